The fourth-order valence-corrected chi connectivity index (χ4v) is 4.25. The van der Waals surface area contributed by atoms with Crippen molar-refractivity contribution in [2.45, 2.75) is 0 Å². The summed E-state index contributed by atoms with van der Waals surface area (Å²) in [5.74, 6) is -0.362. The second-order valence-corrected chi connectivity index (χ2v) is 8.66. The molecule has 9 heteroatoms. The zero-order valence-corrected chi connectivity index (χ0v) is 18.0. The summed E-state index contributed by atoms with van der Waals surface area (Å²) >= 11 is 0. The van der Waals surface area contributed by atoms with Gasteiger partial charge in [-0.05, 0) is 29.8 Å². The van der Waals surface area contributed by atoms with E-state index < -0.39 is 16.0 Å². The molecule has 0 atom stereocenters. The predicted octanol–water partition coefficient (Wildman–Crippen LogP) is 2.00. The molecule has 0 radical (unpaired) electrons. The number of nitrogens with zero attached hydrogens (tertiary/aromatic N) is 2. The number of piperazine rings is 1. The zero-order valence-electron chi connectivity index (χ0n) is 17.1. The minimum Gasteiger partial charge on any atom is -0.484 e. The Balaban J connectivity index is 1.50. The SMILES string of the molecule is COC(=O)c1cccc(OCC(=O)N2CCN(S(=O)(=O)/C=C/c3ccccc3)CC2)c1. The van der Waals surface area contributed by atoms with Gasteiger partial charge >= 0.3 is 5.97 Å². The number of carbonyl (C=O) groups excluding carboxylic acids is 2. The van der Waals surface area contributed by atoms with Crippen molar-refractivity contribution in [2.75, 3.05) is 39.9 Å². The average molecular weight is 445 g/mol. The minimum absolute atomic E-state index is 0.203. The van der Waals surface area contributed by atoms with Crippen LogP contribution in [0.3, 0.4) is 0 Å². The normalized spacial score (nSPS) is 15.1. The van der Waals surface area contributed by atoms with Gasteiger partial charge in [0.05, 0.1) is 12.7 Å². The first kappa shape index (κ1) is 22.5. The molecular weight excluding hydrogens is 420 g/mol. The lowest BCUT2D eigenvalue weighted by molar-refractivity contribution is -0.134. The van der Waals surface area contributed by atoms with Gasteiger partial charge in [0.1, 0.15) is 5.75 Å². The molecule has 2 aromatic carbocycles. The average Bonchev–Trinajstić information content (AvgIpc) is 2.81. The van der Waals surface area contributed by atoms with Crippen LogP contribution in [0, 0.1) is 0 Å². The van der Waals surface area contributed by atoms with Crippen molar-refractivity contribution >= 4 is 28.0 Å². The van der Waals surface area contributed by atoms with Gasteiger partial charge in [-0.1, -0.05) is 36.4 Å². The number of benzene rings is 2. The van der Waals surface area contributed by atoms with E-state index in [0.717, 1.165) is 5.56 Å². The molecule has 31 heavy (non-hydrogen) atoms. The lowest BCUT2D eigenvalue weighted by Gasteiger charge is -2.33. The van der Waals surface area contributed by atoms with E-state index in [4.69, 9.17) is 4.74 Å². The van der Waals surface area contributed by atoms with Crippen LogP contribution in [-0.4, -0.2) is 69.4 Å². The molecule has 1 fully saturated rings. The quantitative estimate of drug-likeness (QED) is 0.607. The van der Waals surface area contributed by atoms with Crippen molar-refractivity contribution in [2.24, 2.45) is 0 Å². The van der Waals surface area contributed by atoms with Gasteiger partial charge in [0.25, 0.3) is 5.91 Å². The highest BCUT2D eigenvalue weighted by molar-refractivity contribution is 7.92. The second kappa shape index (κ2) is 10.2. The highest BCUT2D eigenvalue weighted by atomic mass is 32.2. The number of amides is 1. The molecule has 2 aromatic rings. The van der Waals surface area contributed by atoms with Crippen LogP contribution in [0.1, 0.15) is 15.9 Å². The Labute approximate surface area is 181 Å². The topological polar surface area (TPSA) is 93.2 Å². The van der Waals surface area contributed by atoms with E-state index in [-0.39, 0.29) is 38.7 Å². The monoisotopic (exact) mass is 444 g/mol. The van der Waals surface area contributed by atoms with Crippen molar-refractivity contribution < 1.29 is 27.5 Å². The van der Waals surface area contributed by atoms with Crippen LogP contribution in [0.5, 0.6) is 5.75 Å². The Morgan fingerprint density at radius 2 is 1.71 bits per heavy atom. The molecule has 8 nitrogen and oxygen atoms in total. The Kier molecular flexibility index (Phi) is 7.43. The Hall–Kier alpha value is -3.17. The largest absolute Gasteiger partial charge is 0.484 e. The maximum absolute atomic E-state index is 12.5. The molecule has 1 saturated heterocycles. The van der Waals surface area contributed by atoms with E-state index in [1.807, 2.05) is 30.3 Å². The van der Waals surface area contributed by atoms with E-state index in [2.05, 4.69) is 4.74 Å². The number of hydrogen-bond acceptors (Lipinski definition) is 6. The third-order valence-corrected chi connectivity index (χ3v) is 6.37. The molecule has 0 saturated carbocycles. The minimum atomic E-state index is -3.56. The first-order valence-electron chi connectivity index (χ1n) is 9.71. The molecule has 0 N–H and O–H groups in total. The lowest BCUT2D eigenvalue weighted by Crippen LogP contribution is -2.51. The van der Waals surface area contributed by atoms with Crippen LogP contribution in [0.2, 0.25) is 0 Å². The first-order chi connectivity index (χ1) is 14.9. The Bertz CT molecular complexity index is 1040. The number of rotatable bonds is 7. The first-order valence-corrected chi connectivity index (χ1v) is 11.2. The third kappa shape index (κ3) is 6.16. The van der Waals surface area contributed by atoms with Crippen molar-refractivity contribution in [1.82, 2.24) is 9.21 Å². The van der Waals surface area contributed by atoms with E-state index in [1.165, 1.54) is 22.9 Å². The second-order valence-electron chi connectivity index (χ2n) is 6.85. The molecule has 164 valence electrons. The van der Waals surface area contributed by atoms with Crippen LogP contribution in [0.25, 0.3) is 6.08 Å². The van der Waals surface area contributed by atoms with E-state index in [1.54, 1.807) is 29.2 Å². The molecule has 3 rings (SSSR count). The highest BCUT2D eigenvalue weighted by Gasteiger charge is 2.27. The van der Waals surface area contributed by atoms with Crippen LogP contribution >= 0.6 is 0 Å². The van der Waals surface area contributed by atoms with Crippen LogP contribution in [0.15, 0.2) is 60.0 Å². The van der Waals surface area contributed by atoms with E-state index >= 15 is 0 Å². The number of carbonyl (C=O) groups is 2. The molecule has 1 aliphatic heterocycles. The molecule has 0 aliphatic carbocycles. The summed E-state index contributed by atoms with van der Waals surface area (Å²) in [4.78, 5) is 25.6. The van der Waals surface area contributed by atoms with Crippen LogP contribution < -0.4 is 4.74 Å². The number of ether oxygens (including phenoxy) is 2. The molecule has 0 spiro atoms. The zero-order chi connectivity index (χ0) is 22.3. The predicted molar refractivity (Wildman–Crippen MR) is 116 cm³/mol. The third-order valence-electron chi connectivity index (χ3n) is 4.80. The number of sulfonamides is 1. The molecule has 0 bridgehead atoms. The van der Waals surface area contributed by atoms with Crippen LogP contribution in [0.4, 0.5) is 0 Å². The summed E-state index contributed by atoms with van der Waals surface area (Å²) in [6.07, 6.45) is 1.56. The molecule has 1 heterocycles. The maximum atomic E-state index is 12.5. The number of methoxy groups -OCH3 is 1. The maximum Gasteiger partial charge on any atom is 0.337 e. The van der Waals surface area contributed by atoms with Crippen LogP contribution in [-0.2, 0) is 19.6 Å². The molecule has 1 aliphatic rings. The Morgan fingerprint density at radius 3 is 2.39 bits per heavy atom. The summed E-state index contributed by atoms with van der Waals surface area (Å²) in [5.41, 5.74) is 1.13. The van der Waals surface area contributed by atoms with Gasteiger partial charge in [-0.15, -0.1) is 0 Å². The van der Waals surface area contributed by atoms with Gasteiger partial charge in [-0.25, -0.2) is 13.2 Å². The van der Waals surface area contributed by atoms with Gasteiger partial charge in [0.15, 0.2) is 6.61 Å². The number of esters is 1. The van der Waals surface area contributed by atoms with Gasteiger partial charge in [0.2, 0.25) is 10.0 Å². The highest BCUT2D eigenvalue weighted by Crippen LogP contribution is 2.15. The standard InChI is InChI=1S/C22H24N2O6S/c1-29-22(26)19-8-5-9-20(16-19)30-17-21(25)23-11-13-24(14-12-23)31(27,28)15-10-18-6-3-2-4-7-18/h2-10,15-16H,11-14,17H2,1H3/b15-10+. The summed E-state index contributed by atoms with van der Waals surface area (Å²) in [6.45, 7) is 0.785. The fraction of sp³-hybridized carbons (Fsp3) is 0.273. The molecule has 0 unspecified atom stereocenters. The summed E-state index contributed by atoms with van der Waals surface area (Å²) in [5, 5.41) is 1.19. The summed E-state index contributed by atoms with van der Waals surface area (Å²) in [7, 11) is -2.27. The molecule has 1 amide bonds. The van der Waals surface area contributed by atoms with Gasteiger partial charge < -0.3 is 14.4 Å². The van der Waals surface area contributed by atoms with Crippen molar-refractivity contribution in [1.29, 1.82) is 0 Å². The van der Waals surface area contributed by atoms with E-state index in [0.29, 0.717) is 11.3 Å². The van der Waals surface area contributed by atoms with Gasteiger partial charge in [0, 0.05) is 31.6 Å². The summed E-state index contributed by atoms with van der Waals surface area (Å²) < 4.78 is 36.6. The molecule has 0 aromatic heterocycles. The van der Waals surface area contributed by atoms with Crippen molar-refractivity contribution in [3.63, 3.8) is 0 Å². The van der Waals surface area contributed by atoms with E-state index in [9.17, 15) is 18.0 Å². The summed E-state index contributed by atoms with van der Waals surface area (Å²) in [6, 6.07) is 15.6. The molecular formula is C22H24N2O6S. The van der Waals surface area contributed by atoms with Gasteiger partial charge in [-0.2, -0.15) is 4.31 Å². The van der Waals surface area contributed by atoms with Crippen molar-refractivity contribution in [3.05, 3.63) is 71.1 Å². The number of hydrogen-bond donors (Lipinski definition) is 0. The smallest absolute Gasteiger partial charge is 0.337 e. The fourth-order valence-electron chi connectivity index (χ4n) is 3.07. The van der Waals surface area contributed by atoms with Crippen molar-refractivity contribution in [3.8, 4) is 5.75 Å². The van der Waals surface area contributed by atoms with Gasteiger partial charge in [-0.3, -0.25) is 4.79 Å². The Morgan fingerprint density at radius 1 is 1.00 bits per heavy atom. The lowest BCUT2D eigenvalue weighted by atomic mass is 10.2.